The monoisotopic (exact) mass is 312 g/mol. The number of nitrogens with zero attached hydrogens (tertiary/aromatic N) is 1. The zero-order chi connectivity index (χ0) is 13.1. The first-order valence-corrected chi connectivity index (χ1v) is 6.16. The van der Waals surface area contributed by atoms with E-state index in [0.29, 0.717) is 17.7 Å². The third-order valence-corrected chi connectivity index (χ3v) is 3.19. The fraction of sp³-hybridized carbons (Fsp3) is 0.154. The molecular formula is C13H11BrF2N2. The van der Waals surface area contributed by atoms with Crippen molar-refractivity contribution in [2.45, 2.75) is 12.5 Å². The summed E-state index contributed by atoms with van der Waals surface area (Å²) in [4.78, 5) is 4.16. The Morgan fingerprint density at radius 3 is 2.50 bits per heavy atom. The number of aromatic nitrogens is 1. The van der Waals surface area contributed by atoms with Gasteiger partial charge in [-0.3, -0.25) is 4.98 Å². The molecule has 0 fully saturated rings. The van der Waals surface area contributed by atoms with E-state index in [0.717, 1.165) is 10.5 Å². The number of pyridine rings is 1. The normalized spacial score (nSPS) is 12.4. The Labute approximate surface area is 112 Å². The van der Waals surface area contributed by atoms with Crippen molar-refractivity contribution in [3.8, 4) is 0 Å². The van der Waals surface area contributed by atoms with Crippen LogP contribution in [0.2, 0.25) is 0 Å². The molecule has 2 aromatic rings. The quantitative estimate of drug-likeness (QED) is 0.943. The van der Waals surface area contributed by atoms with E-state index in [9.17, 15) is 8.78 Å². The van der Waals surface area contributed by atoms with Crippen LogP contribution in [0.5, 0.6) is 0 Å². The second-order valence-corrected chi connectivity index (χ2v) is 4.81. The molecule has 0 saturated heterocycles. The van der Waals surface area contributed by atoms with Gasteiger partial charge in [0.05, 0.1) is 11.7 Å². The highest BCUT2D eigenvalue weighted by Crippen LogP contribution is 2.22. The standard InChI is InChI=1S/C13H11BrF2N2/c14-11-2-1-3-18-13(11)12(17)6-8-4-9(15)7-10(16)5-8/h1-5,7,12H,6,17H2/t12-/m0/s1. The van der Waals surface area contributed by atoms with Gasteiger partial charge in [0, 0.05) is 16.7 Å². The van der Waals surface area contributed by atoms with Gasteiger partial charge in [-0.2, -0.15) is 0 Å². The number of benzene rings is 1. The second kappa shape index (κ2) is 5.54. The van der Waals surface area contributed by atoms with Gasteiger partial charge in [-0.15, -0.1) is 0 Å². The molecule has 94 valence electrons. The van der Waals surface area contributed by atoms with Gasteiger partial charge >= 0.3 is 0 Å². The fourth-order valence-corrected chi connectivity index (χ4v) is 2.30. The first-order chi connectivity index (χ1) is 8.56. The van der Waals surface area contributed by atoms with Crippen LogP contribution in [0.3, 0.4) is 0 Å². The highest BCUT2D eigenvalue weighted by molar-refractivity contribution is 9.10. The van der Waals surface area contributed by atoms with Gasteiger partial charge in [-0.25, -0.2) is 8.78 Å². The summed E-state index contributed by atoms with van der Waals surface area (Å²) < 4.78 is 26.9. The first-order valence-electron chi connectivity index (χ1n) is 5.37. The van der Waals surface area contributed by atoms with E-state index >= 15 is 0 Å². The molecule has 1 heterocycles. The van der Waals surface area contributed by atoms with Gasteiger partial charge in [0.25, 0.3) is 0 Å². The van der Waals surface area contributed by atoms with Gasteiger partial charge in [0.15, 0.2) is 0 Å². The average molecular weight is 313 g/mol. The SMILES string of the molecule is N[C@@H](Cc1cc(F)cc(F)c1)c1ncccc1Br. The van der Waals surface area contributed by atoms with E-state index in [4.69, 9.17) is 5.73 Å². The Morgan fingerprint density at radius 1 is 1.22 bits per heavy atom. The molecule has 0 aliphatic heterocycles. The highest BCUT2D eigenvalue weighted by Gasteiger charge is 2.13. The van der Waals surface area contributed by atoms with E-state index in [-0.39, 0.29) is 0 Å². The lowest BCUT2D eigenvalue weighted by molar-refractivity contribution is 0.575. The maximum atomic E-state index is 13.1. The second-order valence-electron chi connectivity index (χ2n) is 3.96. The van der Waals surface area contributed by atoms with Crippen LogP contribution in [-0.4, -0.2) is 4.98 Å². The van der Waals surface area contributed by atoms with Crippen LogP contribution in [0.1, 0.15) is 17.3 Å². The molecule has 2 rings (SSSR count). The van der Waals surface area contributed by atoms with E-state index in [1.165, 1.54) is 12.1 Å². The zero-order valence-electron chi connectivity index (χ0n) is 9.41. The predicted molar refractivity (Wildman–Crippen MR) is 68.9 cm³/mol. The Kier molecular flexibility index (Phi) is 4.04. The van der Waals surface area contributed by atoms with Crippen molar-refractivity contribution in [2.24, 2.45) is 5.73 Å². The third-order valence-electron chi connectivity index (χ3n) is 2.52. The lowest BCUT2D eigenvalue weighted by Crippen LogP contribution is -2.15. The largest absolute Gasteiger partial charge is 0.322 e. The molecule has 2 nitrogen and oxygen atoms in total. The molecular weight excluding hydrogens is 302 g/mol. The van der Waals surface area contributed by atoms with Crippen molar-refractivity contribution in [3.05, 3.63) is 63.9 Å². The number of halogens is 3. The lowest BCUT2D eigenvalue weighted by Gasteiger charge is -2.12. The van der Waals surface area contributed by atoms with E-state index in [1.54, 1.807) is 12.3 Å². The van der Waals surface area contributed by atoms with Gasteiger partial charge in [0.1, 0.15) is 11.6 Å². The van der Waals surface area contributed by atoms with Crippen molar-refractivity contribution in [1.82, 2.24) is 4.98 Å². The minimum atomic E-state index is -0.600. The summed E-state index contributed by atoms with van der Waals surface area (Å²) in [6.45, 7) is 0. The van der Waals surface area contributed by atoms with E-state index in [1.807, 2.05) is 6.07 Å². The summed E-state index contributed by atoms with van der Waals surface area (Å²) in [6.07, 6.45) is 1.95. The Hall–Kier alpha value is -1.33. The van der Waals surface area contributed by atoms with Crippen LogP contribution < -0.4 is 5.73 Å². The summed E-state index contributed by atoms with van der Waals surface area (Å²) in [6, 6.07) is 6.59. The van der Waals surface area contributed by atoms with Crippen LogP contribution in [-0.2, 0) is 6.42 Å². The molecule has 0 unspecified atom stereocenters. The Morgan fingerprint density at radius 2 is 1.89 bits per heavy atom. The minimum Gasteiger partial charge on any atom is -0.322 e. The smallest absolute Gasteiger partial charge is 0.126 e. The van der Waals surface area contributed by atoms with Crippen LogP contribution >= 0.6 is 15.9 Å². The number of hydrogen-bond acceptors (Lipinski definition) is 2. The maximum Gasteiger partial charge on any atom is 0.126 e. The summed E-state index contributed by atoms with van der Waals surface area (Å²) >= 11 is 3.35. The first kappa shape index (κ1) is 13.1. The fourth-order valence-electron chi connectivity index (χ4n) is 1.75. The van der Waals surface area contributed by atoms with Crippen LogP contribution in [0.4, 0.5) is 8.78 Å². The van der Waals surface area contributed by atoms with E-state index < -0.39 is 17.7 Å². The molecule has 0 amide bonds. The maximum absolute atomic E-state index is 13.1. The van der Waals surface area contributed by atoms with Gasteiger partial charge in [-0.05, 0) is 52.2 Å². The molecule has 0 radical (unpaired) electrons. The van der Waals surface area contributed by atoms with Crippen molar-refractivity contribution >= 4 is 15.9 Å². The minimum absolute atomic E-state index is 0.324. The molecule has 1 aromatic carbocycles. The van der Waals surface area contributed by atoms with Crippen molar-refractivity contribution in [1.29, 1.82) is 0 Å². The zero-order valence-corrected chi connectivity index (χ0v) is 11.0. The number of hydrogen-bond donors (Lipinski definition) is 1. The molecule has 0 spiro atoms. The lowest BCUT2D eigenvalue weighted by atomic mass is 10.0. The van der Waals surface area contributed by atoms with Crippen LogP contribution in [0, 0.1) is 11.6 Å². The molecule has 0 aliphatic rings. The summed E-state index contributed by atoms with van der Waals surface area (Å²) in [5, 5.41) is 0. The van der Waals surface area contributed by atoms with Gasteiger partial charge < -0.3 is 5.73 Å². The topological polar surface area (TPSA) is 38.9 Å². The molecule has 0 saturated carbocycles. The molecule has 1 aromatic heterocycles. The van der Waals surface area contributed by atoms with Crippen LogP contribution in [0.15, 0.2) is 41.0 Å². The highest BCUT2D eigenvalue weighted by atomic mass is 79.9. The van der Waals surface area contributed by atoms with Gasteiger partial charge in [-0.1, -0.05) is 0 Å². The Bertz CT molecular complexity index is 540. The predicted octanol–water partition coefficient (Wildman–Crippen LogP) is 3.36. The summed E-state index contributed by atoms with van der Waals surface area (Å²) in [7, 11) is 0. The molecule has 1 atom stereocenters. The molecule has 0 bridgehead atoms. The number of rotatable bonds is 3. The average Bonchev–Trinajstić information content (AvgIpc) is 2.27. The third kappa shape index (κ3) is 3.11. The molecule has 0 aliphatic carbocycles. The summed E-state index contributed by atoms with van der Waals surface area (Å²) in [5.74, 6) is -1.20. The van der Waals surface area contributed by atoms with E-state index in [2.05, 4.69) is 20.9 Å². The Balaban J connectivity index is 2.21. The van der Waals surface area contributed by atoms with Gasteiger partial charge in [0.2, 0.25) is 0 Å². The number of nitrogens with two attached hydrogens (primary N) is 1. The molecule has 2 N–H and O–H groups in total. The molecule has 5 heteroatoms. The van der Waals surface area contributed by atoms with Crippen molar-refractivity contribution in [3.63, 3.8) is 0 Å². The summed E-state index contributed by atoms with van der Waals surface area (Å²) in [5.41, 5.74) is 7.17. The molecule has 18 heavy (non-hydrogen) atoms. The van der Waals surface area contributed by atoms with Crippen molar-refractivity contribution in [2.75, 3.05) is 0 Å². The van der Waals surface area contributed by atoms with Crippen molar-refractivity contribution < 1.29 is 8.78 Å². The van der Waals surface area contributed by atoms with Crippen LogP contribution in [0.25, 0.3) is 0 Å².